The lowest BCUT2D eigenvalue weighted by molar-refractivity contribution is 0.102. The van der Waals surface area contributed by atoms with E-state index in [-0.39, 0.29) is 17.4 Å². The Morgan fingerprint density at radius 3 is 2.80 bits per heavy atom. The summed E-state index contributed by atoms with van der Waals surface area (Å²) >= 11 is 0. The first-order valence-corrected chi connectivity index (χ1v) is 8.13. The molecule has 132 valence electrons. The Hall–Kier alpha value is -2.76. The van der Waals surface area contributed by atoms with Crippen molar-refractivity contribution in [3.63, 3.8) is 0 Å². The summed E-state index contributed by atoms with van der Waals surface area (Å²) in [5.41, 5.74) is 1.73. The van der Waals surface area contributed by atoms with Gasteiger partial charge in [-0.05, 0) is 38.1 Å². The van der Waals surface area contributed by atoms with Crippen molar-refractivity contribution in [3.8, 4) is 17.2 Å². The molecule has 2 aromatic rings. The number of nitrogens with one attached hydrogen (secondary N) is 1. The molecule has 6 heteroatoms. The Morgan fingerprint density at radius 2 is 2.12 bits per heavy atom. The van der Waals surface area contributed by atoms with E-state index in [1.807, 2.05) is 19.9 Å². The van der Waals surface area contributed by atoms with Gasteiger partial charge < -0.3 is 19.5 Å². The zero-order valence-electron chi connectivity index (χ0n) is 14.4. The van der Waals surface area contributed by atoms with Crippen LogP contribution in [0.15, 0.2) is 30.3 Å². The Morgan fingerprint density at radius 1 is 1.32 bits per heavy atom. The zero-order valence-corrected chi connectivity index (χ0v) is 14.4. The molecular formula is C19H20FNO4. The van der Waals surface area contributed by atoms with Gasteiger partial charge in [0.25, 0.3) is 5.91 Å². The number of methoxy groups -OCH3 is 1. The van der Waals surface area contributed by atoms with Crippen LogP contribution >= 0.6 is 0 Å². The van der Waals surface area contributed by atoms with E-state index in [1.165, 1.54) is 19.2 Å². The first kappa shape index (κ1) is 17.1. The minimum Gasteiger partial charge on any atom is -0.494 e. The van der Waals surface area contributed by atoms with E-state index in [0.717, 1.165) is 23.8 Å². The molecule has 1 aliphatic rings. The molecule has 1 aliphatic heterocycles. The molecule has 0 spiro atoms. The molecule has 0 fully saturated rings. The number of hydrogen-bond acceptors (Lipinski definition) is 4. The van der Waals surface area contributed by atoms with E-state index in [4.69, 9.17) is 14.2 Å². The van der Waals surface area contributed by atoms with Crippen LogP contribution < -0.4 is 19.5 Å². The maximum atomic E-state index is 13.8. The third kappa shape index (κ3) is 3.52. The molecule has 0 saturated heterocycles. The van der Waals surface area contributed by atoms with Gasteiger partial charge in [-0.3, -0.25) is 4.79 Å². The third-order valence-corrected chi connectivity index (χ3v) is 3.96. The highest BCUT2D eigenvalue weighted by Gasteiger charge is 2.23. The first-order valence-electron chi connectivity index (χ1n) is 8.13. The summed E-state index contributed by atoms with van der Waals surface area (Å²) in [5, 5.41) is 2.77. The average molecular weight is 345 g/mol. The molecule has 0 radical (unpaired) electrons. The number of ether oxygens (including phenoxy) is 3. The molecule has 5 nitrogen and oxygen atoms in total. The SMILES string of the molecule is CCOc1cc2c(cc1NC(=O)c1ccc(OC)c(F)c1)O[C@H](C)C2. The van der Waals surface area contributed by atoms with Crippen molar-refractivity contribution in [3.05, 3.63) is 47.3 Å². The Balaban J connectivity index is 1.87. The van der Waals surface area contributed by atoms with Crippen LogP contribution in [-0.4, -0.2) is 25.7 Å². The highest BCUT2D eigenvalue weighted by atomic mass is 19.1. The van der Waals surface area contributed by atoms with E-state index in [9.17, 15) is 9.18 Å². The molecule has 1 atom stereocenters. The fourth-order valence-electron chi connectivity index (χ4n) is 2.81. The van der Waals surface area contributed by atoms with Gasteiger partial charge in [0.2, 0.25) is 0 Å². The van der Waals surface area contributed by atoms with Crippen LogP contribution in [0.25, 0.3) is 0 Å². The molecule has 0 aromatic heterocycles. The fraction of sp³-hybridized carbons (Fsp3) is 0.316. The number of rotatable bonds is 5. The smallest absolute Gasteiger partial charge is 0.255 e. The van der Waals surface area contributed by atoms with Crippen molar-refractivity contribution >= 4 is 11.6 Å². The second-order valence-corrected chi connectivity index (χ2v) is 5.83. The molecule has 0 bridgehead atoms. The summed E-state index contributed by atoms with van der Waals surface area (Å²) in [7, 11) is 1.37. The van der Waals surface area contributed by atoms with E-state index in [2.05, 4.69) is 5.32 Å². The Labute approximate surface area is 145 Å². The van der Waals surface area contributed by atoms with Crippen molar-refractivity contribution < 1.29 is 23.4 Å². The van der Waals surface area contributed by atoms with E-state index < -0.39 is 11.7 Å². The number of benzene rings is 2. The molecule has 1 N–H and O–H groups in total. The third-order valence-electron chi connectivity index (χ3n) is 3.96. The minimum atomic E-state index is -0.591. The number of carbonyl (C=O) groups excluding carboxylic acids is 1. The predicted molar refractivity (Wildman–Crippen MR) is 92.3 cm³/mol. The number of anilines is 1. The molecule has 1 heterocycles. The lowest BCUT2D eigenvalue weighted by Crippen LogP contribution is -2.13. The molecular weight excluding hydrogens is 325 g/mol. The Bertz CT molecular complexity index is 806. The molecule has 1 amide bonds. The summed E-state index contributed by atoms with van der Waals surface area (Å²) in [4.78, 5) is 12.5. The van der Waals surface area contributed by atoms with Crippen LogP contribution in [0.5, 0.6) is 17.2 Å². The van der Waals surface area contributed by atoms with E-state index in [0.29, 0.717) is 18.0 Å². The zero-order chi connectivity index (χ0) is 18.0. The summed E-state index contributed by atoms with van der Waals surface area (Å²) in [6, 6.07) is 7.69. The van der Waals surface area contributed by atoms with E-state index >= 15 is 0 Å². The molecule has 0 aliphatic carbocycles. The van der Waals surface area contributed by atoms with Gasteiger partial charge in [0.15, 0.2) is 11.6 Å². The number of hydrogen-bond donors (Lipinski definition) is 1. The molecule has 0 unspecified atom stereocenters. The number of carbonyl (C=O) groups is 1. The van der Waals surface area contributed by atoms with Crippen LogP contribution in [0.1, 0.15) is 29.8 Å². The number of amides is 1. The highest BCUT2D eigenvalue weighted by molar-refractivity contribution is 6.05. The summed E-state index contributed by atoms with van der Waals surface area (Å²) in [6.07, 6.45) is 0.888. The van der Waals surface area contributed by atoms with Crippen LogP contribution in [0, 0.1) is 5.82 Å². The van der Waals surface area contributed by atoms with Gasteiger partial charge in [-0.15, -0.1) is 0 Å². The van der Waals surface area contributed by atoms with Gasteiger partial charge in [-0.25, -0.2) is 4.39 Å². The van der Waals surface area contributed by atoms with E-state index in [1.54, 1.807) is 6.07 Å². The lowest BCUT2D eigenvalue weighted by Gasteiger charge is -2.14. The van der Waals surface area contributed by atoms with Crippen LogP contribution in [0.3, 0.4) is 0 Å². The average Bonchev–Trinajstić information content (AvgIpc) is 2.94. The van der Waals surface area contributed by atoms with Gasteiger partial charge in [0.1, 0.15) is 17.6 Å². The summed E-state index contributed by atoms with van der Waals surface area (Å²) in [5.74, 6) is 0.361. The summed E-state index contributed by atoms with van der Waals surface area (Å²) in [6.45, 7) is 4.32. The highest BCUT2D eigenvalue weighted by Crippen LogP contribution is 2.38. The van der Waals surface area contributed by atoms with Crippen LogP contribution in [0.4, 0.5) is 10.1 Å². The van der Waals surface area contributed by atoms with Gasteiger partial charge in [-0.1, -0.05) is 0 Å². The maximum Gasteiger partial charge on any atom is 0.255 e. The van der Waals surface area contributed by atoms with Crippen molar-refractivity contribution in [1.29, 1.82) is 0 Å². The van der Waals surface area contributed by atoms with Crippen molar-refractivity contribution in [2.75, 3.05) is 19.0 Å². The maximum absolute atomic E-state index is 13.8. The second kappa shape index (κ2) is 7.01. The standard InChI is InChI=1S/C19H20FNO4/c1-4-24-18-9-13-7-11(2)25-17(13)10-15(18)21-19(22)12-5-6-16(23-3)14(20)8-12/h5-6,8-11H,4,7H2,1-3H3,(H,21,22)/t11-/m1/s1. The predicted octanol–water partition coefficient (Wildman–Crippen LogP) is 3.81. The number of fused-ring (bicyclic) bond motifs is 1. The quantitative estimate of drug-likeness (QED) is 0.895. The normalized spacial score (nSPS) is 15.3. The monoisotopic (exact) mass is 345 g/mol. The van der Waals surface area contributed by atoms with Gasteiger partial charge in [0.05, 0.1) is 19.4 Å². The van der Waals surface area contributed by atoms with Gasteiger partial charge in [0, 0.05) is 23.6 Å². The van der Waals surface area contributed by atoms with Gasteiger partial charge >= 0.3 is 0 Å². The molecule has 2 aromatic carbocycles. The molecule has 3 rings (SSSR count). The molecule has 25 heavy (non-hydrogen) atoms. The number of halogens is 1. The van der Waals surface area contributed by atoms with Crippen LogP contribution in [-0.2, 0) is 6.42 Å². The first-order chi connectivity index (χ1) is 12.0. The fourth-order valence-corrected chi connectivity index (χ4v) is 2.81. The second-order valence-electron chi connectivity index (χ2n) is 5.83. The largest absolute Gasteiger partial charge is 0.494 e. The van der Waals surface area contributed by atoms with Crippen molar-refractivity contribution in [1.82, 2.24) is 0 Å². The summed E-state index contributed by atoms with van der Waals surface area (Å²) < 4.78 is 30.1. The van der Waals surface area contributed by atoms with Crippen molar-refractivity contribution in [2.45, 2.75) is 26.4 Å². The lowest BCUT2D eigenvalue weighted by atomic mass is 10.1. The topological polar surface area (TPSA) is 56.8 Å². The minimum absolute atomic E-state index is 0.0890. The van der Waals surface area contributed by atoms with Gasteiger partial charge in [-0.2, -0.15) is 0 Å². The Kier molecular flexibility index (Phi) is 4.79. The van der Waals surface area contributed by atoms with Crippen LogP contribution in [0.2, 0.25) is 0 Å². The molecule has 0 saturated carbocycles. The van der Waals surface area contributed by atoms with Crippen molar-refractivity contribution in [2.24, 2.45) is 0 Å².